The molecule has 1 aromatic rings. The van der Waals surface area contributed by atoms with Gasteiger partial charge in [-0.25, -0.2) is 8.42 Å². The molecule has 1 aromatic carbocycles. The molecule has 9 heteroatoms. The number of sulfonamides is 1. The highest BCUT2D eigenvalue weighted by atomic mass is 32.2. The minimum absolute atomic E-state index is 0.00243. The first-order chi connectivity index (χ1) is 14.4. The van der Waals surface area contributed by atoms with E-state index < -0.39 is 14.9 Å². The topological polar surface area (TPSA) is 102 Å². The van der Waals surface area contributed by atoms with E-state index in [-0.39, 0.29) is 22.2 Å². The number of rotatable bonds is 5. The maximum atomic E-state index is 12.9. The standard InChI is InChI=1S/C21H31N3O5S/c25-24(26)20-15-18(30(27,28)23-12-5-2-6-13-23)7-8-19(20)22-17-9-14-29-21(16-17)10-3-1-4-11-21/h7-8,15,17,22H,1-6,9-14,16H2. The van der Waals surface area contributed by atoms with Crippen LogP contribution in [0.5, 0.6) is 0 Å². The van der Waals surface area contributed by atoms with Crippen LogP contribution in [0.1, 0.15) is 64.2 Å². The van der Waals surface area contributed by atoms with Gasteiger partial charge in [-0.15, -0.1) is 0 Å². The Morgan fingerprint density at radius 1 is 1.10 bits per heavy atom. The number of hydrogen-bond donors (Lipinski definition) is 1. The summed E-state index contributed by atoms with van der Waals surface area (Å²) >= 11 is 0. The van der Waals surface area contributed by atoms with E-state index in [1.54, 1.807) is 6.07 Å². The van der Waals surface area contributed by atoms with E-state index in [1.165, 1.54) is 22.9 Å². The zero-order valence-corrected chi connectivity index (χ0v) is 18.2. The average molecular weight is 438 g/mol. The molecule has 166 valence electrons. The molecule has 2 aliphatic heterocycles. The minimum atomic E-state index is -3.71. The Bertz CT molecular complexity index is 871. The summed E-state index contributed by atoms with van der Waals surface area (Å²) in [6.45, 7) is 1.59. The monoisotopic (exact) mass is 437 g/mol. The van der Waals surface area contributed by atoms with Crippen molar-refractivity contribution in [2.45, 2.75) is 80.7 Å². The third kappa shape index (κ3) is 4.48. The van der Waals surface area contributed by atoms with Crippen molar-refractivity contribution in [2.24, 2.45) is 0 Å². The number of nitro groups is 1. The molecule has 1 atom stereocenters. The van der Waals surface area contributed by atoms with E-state index in [1.807, 2.05) is 0 Å². The van der Waals surface area contributed by atoms with Gasteiger partial charge < -0.3 is 10.1 Å². The van der Waals surface area contributed by atoms with Crippen LogP contribution in [0.2, 0.25) is 0 Å². The van der Waals surface area contributed by atoms with Gasteiger partial charge >= 0.3 is 0 Å². The average Bonchev–Trinajstić information content (AvgIpc) is 2.75. The van der Waals surface area contributed by atoms with Crippen LogP contribution in [0.3, 0.4) is 0 Å². The molecular weight excluding hydrogens is 406 g/mol. The molecule has 3 fully saturated rings. The van der Waals surface area contributed by atoms with Gasteiger partial charge in [0.25, 0.3) is 5.69 Å². The summed E-state index contributed by atoms with van der Waals surface area (Å²) in [4.78, 5) is 11.3. The number of piperidine rings is 1. The molecule has 1 unspecified atom stereocenters. The predicted octanol–water partition coefficient (Wildman–Crippen LogP) is 4.06. The highest BCUT2D eigenvalue weighted by molar-refractivity contribution is 7.89. The fourth-order valence-electron chi connectivity index (χ4n) is 5.11. The second-order valence-corrected chi connectivity index (χ2v) is 10.8. The number of hydrogen-bond acceptors (Lipinski definition) is 6. The fraction of sp³-hybridized carbons (Fsp3) is 0.714. The lowest BCUT2D eigenvalue weighted by molar-refractivity contribution is -0.384. The van der Waals surface area contributed by atoms with Crippen molar-refractivity contribution in [3.63, 3.8) is 0 Å². The van der Waals surface area contributed by atoms with Gasteiger partial charge in [-0.1, -0.05) is 25.7 Å². The van der Waals surface area contributed by atoms with Gasteiger partial charge in [-0.2, -0.15) is 4.31 Å². The fourth-order valence-corrected chi connectivity index (χ4v) is 6.65. The maximum absolute atomic E-state index is 12.9. The molecule has 3 aliphatic rings. The van der Waals surface area contributed by atoms with Crippen LogP contribution in [-0.4, -0.2) is 49.0 Å². The van der Waals surface area contributed by atoms with Gasteiger partial charge in [0.15, 0.2) is 0 Å². The Balaban J connectivity index is 1.54. The van der Waals surface area contributed by atoms with Crippen LogP contribution in [-0.2, 0) is 14.8 Å². The van der Waals surface area contributed by atoms with E-state index in [0.717, 1.165) is 57.8 Å². The Labute approximate surface area is 178 Å². The largest absolute Gasteiger partial charge is 0.377 e. The number of anilines is 1. The number of nitrogens with zero attached hydrogens (tertiary/aromatic N) is 2. The number of nitro benzene ring substituents is 1. The molecule has 1 spiro atoms. The van der Waals surface area contributed by atoms with E-state index >= 15 is 0 Å². The first-order valence-corrected chi connectivity index (χ1v) is 12.5. The van der Waals surface area contributed by atoms with Crippen molar-refractivity contribution < 1.29 is 18.1 Å². The second kappa shape index (κ2) is 8.80. The number of benzene rings is 1. The van der Waals surface area contributed by atoms with Crippen molar-refractivity contribution in [1.29, 1.82) is 0 Å². The molecule has 30 heavy (non-hydrogen) atoms. The smallest absolute Gasteiger partial charge is 0.293 e. The molecule has 0 amide bonds. The van der Waals surface area contributed by atoms with Gasteiger partial charge in [-0.05, 0) is 50.7 Å². The quantitative estimate of drug-likeness (QED) is 0.550. The summed E-state index contributed by atoms with van der Waals surface area (Å²) < 4.78 is 33.4. The van der Waals surface area contributed by atoms with Gasteiger partial charge in [0.05, 0.1) is 15.4 Å². The lowest BCUT2D eigenvalue weighted by atomic mass is 9.78. The highest BCUT2D eigenvalue weighted by Crippen LogP contribution is 2.40. The second-order valence-electron chi connectivity index (χ2n) is 8.83. The zero-order valence-electron chi connectivity index (χ0n) is 17.3. The van der Waals surface area contributed by atoms with Gasteiger partial charge in [0.1, 0.15) is 5.69 Å². The molecular formula is C21H31N3O5S. The Morgan fingerprint density at radius 3 is 2.50 bits per heavy atom. The first kappa shape index (κ1) is 21.5. The predicted molar refractivity (Wildman–Crippen MR) is 114 cm³/mol. The first-order valence-electron chi connectivity index (χ1n) is 11.1. The zero-order chi connectivity index (χ0) is 21.2. The third-order valence-electron chi connectivity index (χ3n) is 6.74. The molecule has 4 rings (SSSR count). The molecule has 8 nitrogen and oxygen atoms in total. The van der Waals surface area contributed by atoms with Crippen LogP contribution in [0.4, 0.5) is 11.4 Å². The number of nitrogens with one attached hydrogen (secondary N) is 1. The van der Waals surface area contributed by atoms with Crippen molar-refractivity contribution in [3.8, 4) is 0 Å². The molecule has 0 aromatic heterocycles. The summed E-state index contributed by atoms with van der Waals surface area (Å²) in [6, 6.07) is 4.34. The summed E-state index contributed by atoms with van der Waals surface area (Å²) in [5.74, 6) is 0. The Morgan fingerprint density at radius 2 is 1.80 bits per heavy atom. The van der Waals surface area contributed by atoms with Crippen molar-refractivity contribution in [3.05, 3.63) is 28.3 Å². The lowest BCUT2D eigenvalue weighted by Gasteiger charge is -2.43. The third-order valence-corrected chi connectivity index (χ3v) is 8.63. The van der Waals surface area contributed by atoms with E-state index in [0.29, 0.717) is 25.4 Å². The molecule has 1 N–H and O–H groups in total. The highest BCUT2D eigenvalue weighted by Gasteiger charge is 2.39. The van der Waals surface area contributed by atoms with Crippen molar-refractivity contribution in [1.82, 2.24) is 4.31 Å². The normalized spacial score (nSPS) is 25.1. The summed E-state index contributed by atoms with van der Waals surface area (Å²) in [5.41, 5.74) is 0.0910. The summed E-state index contributed by atoms with van der Waals surface area (Å²) in [6.07, 6.45) is 9.93. The molecule has 1 saturated carbocycles. The van der Waals surface area contributed by atoms with Crippen LogP contribution in [0.15, 0.2) is 23.1 Å². The van der Waals surface area contributed by atoms with E-state index in [2.05, 4.69) is 5.32 Å². The molecule has 2 saturated heterocycles. The van der Waals surface area contributed by atoms with Crippen molar-refractivity contribution in [2.75, 3.05) is 25.0 Å². The Hall–Kier alpha value is -1.71. The van der Waals surface area contributed by atoms with Gasteiger partial charge in [0.2, 0.25) is 10.0 Å². The lowest BCUT2D eigenvalue weighted by Crippen LogP contribution is -2.45. The van der Waals surface area contributed by atoms with Gasteiger partial charge in [-0.3, -0.25) is 10.1 Å². The Kier molecular flexibility index (Phi) is 6.31. The minimum Gasteiger partial charge on any atom is -0.377 e. The molecule has 2 heterocycles. The maximum Gasteiger partial charge on any atom is 0.293 e. The van der Waals surface area contributed by atoms with Crippen LogP contribution in [0.25, 0.3) is 0 Å². The number of ether oxygens (including phenoxy) is 1. The van der Waals surface area contributed by atoms with Gasteiger partial charge in [0, 0.05) is 31.8 Å². The van der Waals surface area contributed by atoms with Crippen LogP contribution < -0.4 is 5.32 Å². The van der Waals surface area contributed by atoms with Crippen molar-refractivity contribution >= 4 is 21.4 Å². The van der Waals surface area contributed by atoms with Crippen LogP contribution in [0, 0.1) is 10.1 Å². The SMILES string of the molecule is O=[N+]([O-])c1cc(S(=O)(=O)N2CCCCC2)ccc1NC1CCOC2(CCCCC2)C1. The molecule has 0 bridgehead atoms. The molecule has 0 radical (unpaired) electrons. The molecule has 1 aliphatic carbocycles. The summed E-state index contributed by atoms with van der Waals surface area (Å²) in [5, 5.41) is 15.1. The van der Waals surface area contributed by atoms with Crippen LogP contribution >= 0.6 is 0 Å². The van der Waals surface area contributed by atoms with E-state index in [4.69, 9.17) is 4.74 Å². The van der Waals surface area contributed by atoms with E-state index in [9.17, 15) is 18.5 Å². The summed E-state index contributed by atoms with van der Waals surface area (Å²) in [7, 11) is -3.71.